The number of amides is 1. The van der Waals surface area contributed by atoms with Crippen LogP contribution in [0, 0.1) is 13.8 Å². The average molecular weight is 237 g/mol. The second-order valence-corrected chi connectivity index (χ2v) is 4.14. The molecule has 0 aromatic carbocycles. The van der Waals surface area contributed by atoms with Gasteiger partial charge in [0.25, 0.3) is 5.91 Å². The van der Waals surface area contributed by atoms with Crippen molar-refractivity contribution in [1.82, 2.24) is 5.32 Å². The van der Waals surface area contributed by atoms with Gasteiger partial charge in [0.15, 0.2) is 0 Å². The number of hydrogen-bond acceptors (Lipinski definition) is 3. The summed E-state index contributed by atoms with van der Waals surface area (Å²) in [5.74, 6) is 0.211. The van der Waals surface area contributed by atoms with E-state index in [2.05, 4.69) is 12.2 Å². The van der Waals surface area contributed by atoms with Crippen molar-refractivity contribution >= 4 is 5.91 Å². The summed E-state index contributed by atoms with van der Waals surface area (Å²) in [5.41, 5.74) is 0.718. The molecule has 1 N–H and O–H groups in total. The molecule has 1 rings (SSSR count). The molecule has 1 aromatic heterocycles. The standard InChI is InChI=1S/C13H19NO3/c1-4-5-6-7-14-13(16)12-9(2)8-11(15)17-10(12)3/h8H,4-7H2,1-3H3,(H,14,16). The summed E-state index contributed by atoms with van der Waals surface area (Å²) in [4.78, 5) is 23.0. The summed E-state index contributed by atoms with van der Waals surface area (Å²) in [6.07, 6.45) is 3.19. The fourth-order valence-corrected chi connectivity index (χ4v) is 1.76. The minimum absolute atomic E-state index is 0.167. The molecule has 0 radical (unpaired) electrons. The molecular weight excluding hydrogens is 218 g/mol. The predicted octanol–water partition coefficient (Wildman–Crippen LogP) is 2.18. The van der Waals surface area contributed by atoms with Crippen LogP contribution in [-0.2, 0) is 0 Å². The summed E-state index contributed by atoms with van der Waals surface area (Å²) < 4.78 is 4.92. The Morgan fingerprint density at radius 3 is 2.65 bits per heavy atom. The zero-order chi connectivity index (χ0) is 12.8. The molecule has 0 aliphatic carbocycles. The normalized spacial score (nSPS) is 10.3. The van der Waals surface area contributed by atoms with Gasteiger partial charge in [-0.25, -0.2) is 4.79 Å². The quantitative estimate of drug-likeness (QED) is 0.798. The maximum absolute atomic E-state index is 11.9. The van der Waals surface area contributed by atoms with E-state index in [0.29, 0.717) is 23.4 Å². The Balaban J connectivity index is 2.72. The molecule has 0 unspecified atom stereocenters. The fraction of sp³-hybridized carbons (Fsp3) is 0.538. The summed E-state index contributed by atoms with van der Waals surface area (Å²) in [7, 11) is 0. The third-order valence-corrected chi connectivity index (χ3v) is 2.63. The first-order chi connectivity index (χ1) is 8.06. The lowest BCUT2D eigenvalue weighted by atomic mass is 10.1. The molecule has 0 aliphatic heterocycles. The number of carbonyl (C=O) groups is 1. The molecule has 94 valence electrons. The SMILES string of the molecule is CCCCCNC(=O)c1c(C)cc(=O)oc1C. The van der Waals surface area contributed by atoms with Crippen LogP contribution >= 0.6 is 0 Å². The first-order valence-corrected chi connectivity index (χ1v) is 5.95. The van der Waals surface area contributed by atoms with E-state index < -0.39 is 5.63 Å². The molecule has 0 bridgehead atoms. The smallest absolute Gasteiger partial charge is 0.336 e. The van der Waals surface area contributed by atoms with Gasteiger partial charge in [0.1, 0.15) is 5.76 Å². The third kappa shape index (κ3) is 3.73. The number of aryl methyl sites for hydroxylation is 2. The van der Waals surface area contributed by atoms with Crippen molar-refractivity contribution in [3.63, 3.8) is 0 Å². The molecular formula is C13H19NO3. The monoisotopic (exact) mass is 237 g/mol. The number of hydrogen-bond donors (Lipinski definition) is 1. The Labute approximate surface area is 101 Å². The van der Waals surface area contributed by atoms with E-state index >= 15 is 0 Å². The average Bonchev–Trinajstić information content (AvgIpc) is 2.23. The molecule has 0 aliphatic rings. The summed E-state index contributed by atoms with van der Waals surface area (Å²) in [6, 6.07) is 1.34. The van der Waals surface area contributed by atoms with Crippen molar-refractivity contribution in [2.75, 3.05) is 6.54 Å². The number of carbonyl (C=O) groups excluding carboxylic acids is 1. The predicted molar refractivity (Wildman–Crippen MR) is 66.3 cm³/mol. The fourth-order valence-electron chi connectivity index (χ4n) is 1.76. The Kier molecular flexibility index (Phi) is 4.94. The molecule has 1 aromatic rings. The Hall–Kier alpha value is -1.58. The second-order valence-electron chi connectivity index (χ2n) is 4.14. The Morgan fingerprint density at radius 2 is 2.06 bits per heavy atom. The number of unbranched alkanes of at least 4 members (excludes halogenated alkanes) is 2. The van der Waals surface area contributed by atoms with Crippen LogP contribution in [0.5, 0.6) is 0 Å². The largest absolute Gasteiger partial charge is 0.427 e. The van der Waals surface area contributed by atoms with Gasteiger partial charge < -0.3 is 9.73 Å². The van der Waals surface area contributed by atoms with Crippen LogP contribution in [0.1, 0.15) is 47.9 Å². The van der Waals surface area contributed by atoms with Crippen LogP contribution in [0.4, 0.5) is 0 Å². The lowest BCUT2D eigenvalue weighted by Gasteiger charge is -2.08. The zero-order valence-electron chi connectivity index (χ0n) is 10.6. The van der Waals surface area contributed by atoms with Crippen molar-refractivity contribution in [3.05, 3.63) is 33.4 Å². The maximum atomic E-state index is 11.9. The van der Waals surface area contributed by atoms with Gasteiger partial charge in [0.05, 0.1) is 5.56 Å². The van der Waals surface area contributed by atoms with Gasteiger partial charge in [-0.1, -0.05) is 19.8 Å². The van der Waals surface area contributed by atoms with Gasteiger partial charge in [0.2, 0.25) is 0 Å². The first-order valence-electron chi connectivity index (χ1n) is 5.95. The highest BCUT2D eigenvalue weighted by Gasteiger charge is 2.14. The second kappa shape index (κ2) is 6.23. The van der Waals surface area contributed by atoms with E-state index in [1.807, 2.05) is 0 Å². The van der Waals surface area contributed by atoms with E-state index in [4.69, 9.17) is 4.42 Å². The van der Waals surface area contributed by atoms with Crippen LogP contribution in [-0.4, -0.2) is 12.5 Å². The molecule has 0 saturated carbocycles. The number of nitrogens with one attached hydrogen (secondary N) is 1. The highest BCUT2D eigenvalue weighted by atomic mass is 16.4. The van der Waals surface area contributed by atoms with Crippen molar-refractivity contribution in [2.45, 2.75) is 40.0 Å². The van der Waals surface area contributed by atoms with Crippen molar-refractivity contribution in [1.29, 1.82) is 0 Å². The molecule has 4 heteroatoms. The van der Waals surface area contributed by atoms with E-state index in [0.717, 1.165) is 19.3 Å². The van der Waals surface area contributed by atoms with Crippen LogP contribution < -0.4 is 10.9 Å². The number of rotatable bonds is 5. The molecule has 4 nitrogen and oxygen atoms in total. The van der Waals surface area contributed by atoms with E-state index in [9.17, 15) is 9.59 Å². The van der Waals surface area contributed by atoms with E-state index in [1.54, 1.807) is 13.8 Å². The van der Waals surface area contributed by atoms with Gasteiger partial charge in [-0.3, -0.25) is 4.79 Å². The van der Waals surface area contributed by atoms with Gasteiger partial charge in [0, 0.05) is 12.6 Å². The Morgan fingerprint density at radius 1 is 1.35 bits per heavy atom. The third-order valence-electron chi connectivity index (χ3n) is 2.63. The highest BCUT2D eigenvalue weighted by molar-refractivity contribution is 5.96. The van der Waals surface area contributed by atoms with E-state index in [1.165, 1.54) is 6.07 Å². The first kappa shape index (κ1) is 13.5. The van der Waals surface area contributed by atoms with Gasteiger partial charge in [-0.15, -0.1) is 0 Å². The van der Waals surface area contributed by atoms with Crippen LogP contribution in [0.2, 0.25) is 0 Å². The zero-order valence-corrected chi connectivity index (χ0v) is 10.6. The van der Waals surface area contributed by atoms with Crippen LogP contribution in [0.3, 0.4) is 0 Å². The van der Waals surface area contributed by atoms with Gasteiger partial charge >= 0.3 is 5.63 Å². The molecule has 0 saturated heterocycles. The molecule has 1 amide bonds. The molecule has 0 atom stereocenters. The molecule has 1 heterocycles. The van der Waals surface area contributed by atoms with Gasteiger partial charge in [-0.2, -0.15) is 0 Å². The summed E-state index contributed by atoms with van der Waals surface area (Å²) in [5, 5.41) is 2.83. The van der Waals surface area contributed by atoms with E-state index in [-0.39, 0.29) is 5.91 Å². The molecule has 0 fully saturated rings. The van der Waals surface area contributed by atoms with Crippen molar-refractivity contribution in [3.8, 4) is 0 Å². The van der Waals surface area contributed by atoms with Crippen LogP contribution in [0.15, 0.2) is 15.3 Å². The molecule has 0 spiro atoms. The van der Waals surface area contributed by atoms with Crippen molar-refractivity contribution < 1.29 is 9.21 Å². The van der Waals surface area contributed by atoms with Crippen molar-refractivity contribution in [2.24, 2.45) is 0 Å². The minimum Gasteiger partial charge on any atom is -0.427 e. The Bertz CT molecular complexity index is 422. The van der Waals surface area contributed by atoms with Crippen LogP contribution in [0.25, 0.3) is 0 Å². The lowest BCUT2D eigenvalue weighted by Crippen LogP contribution is -2.26. The van der Waals surface area contributed by atoms with Gasteiger partial charge in [-0.05, 0) is 25.8 Å². The molecule has 17 heavy (non-hydrogen) atoms. The topological polar surface area (TPSA) is 59.3 Å². The highest BCUT2D eigenvalue weighted by Crippen LogP contribution is 2.10. The lowest BCUT2D eigenvalue weighted by molar-refractivity contribution is 0.0948. The summed E-state index contributed by atoms with van der Waals surface area (Å²) in [6.45, 7) is 6.15. The maximum Gasteiger partial charge on any atom is 0.336 e. The minimum atomic E-state index is -0.414. The summed E-state index contributed by atoms with van der Waals surface area (Å²) >= 11 is 0.